The first kappa shape index (κ1) is 21.1. The summed E-state index contributed by atoms with van der Waals surface area (Å²) in [5.74, 6) is 0.290. The zero-order chi connectivity index (χ0) is 18.9. The summed E-state index contributed by atoms with van der Waals surface area (Å²) in [4.78, 5) is 30.2. The van der Waals surface area contributed by atoms with E-state index in [1.807, 2.05) is 35.2 Å². The second-order valence-corrected chi connectivity index (χ2v) is 8.98. The number of halogens is 1. The number of rotatable bonds is 2. The molecule has 3 fully saturated rings. The summed E-state index contributed by atoms with van der Waals surface area (Å²) in [6.45, 7) is 7.27. The SMILES string of the molecule is CC1(C(=O)N2CCC3(CCNC3)CC2)CCCN(C(=O)c2ccccc2)C1.Cl. The lowest BCUT2D eigenvalue weighted by Crippen LogP contribution is -2.55. The number of benzene rings is 1. The Morgan fingerprint density at radius 3 is 2.32 bits per heavy atom. The molecule has 2 amide bonds. The third-order valence-corrected chi connectivity index (χ3v) is 6.96. The molecule has 0 aliphatic carbocycles. The van der Waals surface area contributed by atoms with Crippen molar-refractivity contribution in [3.63, 3.8) is 0 Å². The Kier molecular flexibility index (Phi) is 6.35. The molecule has 3 heterocycles. The van der Waals surface area contributed by atoms with E-state index in [4.69, 9.17) is 0 Å². The van der Waals surface area contributed by atoms with Crippen molar-refractivity contribution in [3.8, 4) is 0 Å². The maximum Gasteiger partial charge on any atom is 0.253 e. The first-order valence-electron chi connectivity index (χ1n) is 10.4. The van der Waals surface area contributed by atoms with Gasteiger partial charge in [-0.15, -0.1) is 12.4 Å². The standard InChI is InChI=1S/C22H31N3O2.ClH/c1-21(20(27)24-14-10-22(11-15-24)9-12-23-16-22)8-5-13-25(17-21)19(26)18-6-3-2-4-7-18;/h2-4,6-7,23H,5,8-17H2,1H3;1H. The Labute approximate surface area is 174 Å². The van der Waals surface area contributed by atoms with Crippen molar-refractivity contribution in [1.29, 1.82) is 0 Å². The van der Waals surface area contributed by atoms with E-state index in [1.165, 1.54) is 6.42 Å². The Bertz CT molecular complexity index is 695. The molecule has 1 atom stereocenters. The van der Waals surface area contributed by atoms with Gasteiger partial charge in [-0.25, -0.2) is 0 Å². The molecule has 3 saturated heterocycles. The molecule has 5 nitrogen and oxygen atoms in total. The molecule has 0 aromatic heterocycles. The van der Waals surface area contributed by atoms with Crippen LogP contribution in [0, 0.1) is 10.8 Å². The van der Waals surface area contributed by atoms with Gasteiger partial charge in [0.1, 0.15) is 0 Å². The summed E-state index contributed by atoms with van der Waals surface area (Å²) in [5, 5.41) is 3.48. The van der Waals surface area contributed by atoms with Crippen LogP contribution in [0.1, 0.15) is 49.4 Å². The van der Waals surface area contributed by atoms with Crippen LogP contribution in [0.4, 0.5) is 0 Å². The van der Waals surface area contributed by atoms with Crippen LogP contribution in [0.3, 0.4) is 0 Å². The van der Waals surface area contributed by atoms with Gasteiger partial charge in [0.25, 0.3) is 5.91 Å². The van der Waals surface area contributed by atoms with Gasteiger partial charge in [0.05, 0.1) is 5.41 Å². The molecule has 1 aromatic carbocycles. The van der Waals surface area contributed by atoms with Crippen molar-refractivity contribution in [3.05, 3.63) is 35.9 Å². The molecule has 3 aliphatic rings. The molecule has 1 spiro atoms. The highest BCUT2D eigenvalue weighted by molar-refractivity contribution is 5.95. The molecular formula is C22H32ClN3O2. The minimum atomic E-state index is -0.457. The Balaban J connectivity index is 0.00000225. The largest absolute Gasteiger partial charge is 0.342 e. The second kappa shape index (κ2) is 8.42. The number of piperidine rings is 2. The molecule has 6 heteroatoms. The van der Waals surface area contributed by atoms with Crippen molar-refractivity contribution in [2.24, 2.45) is 10.8 Å². The van der Waals surface area contributed by atoms with Gasteiger partial charge in [-0.05, 0) is 63.1 Å². The van der Waals surface area contributed by atoms with Crippen LogP contribution >= 0.6 is 12.4 Å². The van der Waals surface area contributed by atoms with Crippen LogP contribution in [0.5, 0.6) is 0 Å². The number of amides is 2. The van der Waals surface area contributed by atoms with E-state index in [2.05, 4.69) is 17.1 Å². The minimum Gasteiger partial charge on any atom is -0.342 e. The molecule has 154 valence electrons. The lowest BCUT2D eigenvalue weighted by molar-refractivity contribution is -0.146. The Hall–Kier alpha value is -1.59. The zero-order valence-electron chi connectivity index (χ0n) is 16.8. The molecule has 0 radical (unpaired) electrons. The molecule has 28 heavy (non-hydrogen) atoms. The lowest BCUT2D eigenvalue weighted by atomic mass is 9.75. The van der Waals surface area contributed by atoms with Crippen molar-refractivity contribution in [2.75, 3.05) is 39.3 Å². The van der Waals surface area contributed by atoms with Crippen molar-refractivity contribution < 1.29 is 9.59 Å². The van der Waals surface area contributed by atoms with E-state index in [9.17, 15) is 9.59 Å². The van der Waals surface area contributed by atoms with Gasteiger partial charge in [-0.2, -0.15) is 0 Å². The molecule has 4 rings (SSSR count). The van der Waals surface area contributed by atoms with Crippen LogP contribution in [0.2, 0.25) is 0 Å². The number of carbonyl (C=O) groups excluding carboxylic acids is 2. The fourth-order valence-electron chi connectivity index (χ4n) is 5.14. The normalized spacial score (nSPS) is 26.8. The van der Waals surface area contributed by atoms with Crippen LogP contribution in [0.15, 0.2) is 30.3 Å². The average molecular weight is 406 g/mol. The van der Waals surface area contributed by atoms with Gasteiger partial charge in [-0.1, -0.05) is 18.2 Å². The molecule has 1 N–H and O–H groups in total. The van der Waals surface area contributed by atoms with Gasteiger partial charge < -0.3 is 15.1 Å². The summed E-state index contributed by atoms with van der Waals surface area (Å²) in [5.41, 5.74) is 0.670. The van der Waals surface area contributed by atoms with E-state index in [0.717, 1.165) is 58.4 Å². The predicted octanol–water partition coefficient (Wildman–Crippen LogP) is 2.95. The van der Waals surface area contributed by atoms with Gasteiger partial charge in [0, 0.05) is 38.3 Å². The van der Waals surface area contributed by atoms with E-state index in [0.29, 0.717) is 17.5 Å². The summed E-state index contributed by atoms with van der Waals surface area (Å²) >= 11 is 0. The monoisotopic (exact) mass is 405 g/mol. The average Bonchev–Trinajstić information content (AvgIpc) is 3.16. The number of carbonyl (C=O) groups is 2. The lowest BCUT2D eigenvalue weighted by Gasteiger charge is -2.45. The zero-order valence-corrected chi connectivity index (χ0v) is 17.6. The Morgan fingerprint density at radius 2 is 1.68 bits per heavy atom. The van der Waals surface area contributed by atoms with Gasteiger partial charge in [0.2, 0.25) is 5.91 Å². The molecule has 3 aliphatic heterocycles. The summed E-state index contributed by atoms with van der Waals surface area (Å²) in [6.07, 6.45) is 5.21. The van der Waals surface area contributed by atoms with Gasteiger partial charge in [-0.3, -0.25) is 9.59 Å². The first-order chi connectivity index (χ1) is 13.0. The minimum absolute atomic E-state index is 0. The maximum absolute atomic E-state index is 13.4. The van der Waals surface area contributed by atoms with Crippen molar-refractivity contribution in [2.45, 2.75) is 39.0 Å². The highest BCUT2D eigenvalue weighted by Gasteiger charge is 2.44. The number of nitrogens with one attached hydrogen (secondary N) is 1. The van der Waals surface area contributed by atoms with Crippen LogP contribution < -0.4 is 5.32 Å². The first-order valence-corrected chi connectivity index (χ1v) is 10.4. The summed E-state index contributed by atoms with van der Waals surface area (Å²) in [6, 6.07) is 9.42. The summed E-state index contributed by atoms with van der Waals surface area (Å²) in [7, 11) is 0. The van der Waals surface area contributed by atoms with Gasteiger partial charge >= 0.3 is 0 Å². The number of likely N-dealkylation sites (tertiary alicyclic amines) is 2. The van der Waals surface area contributed by atoms with Gasteiger partial charge in [0.15, 0.2) is 0 Å². The fourth-order valence-corrected chi connectivity index (χ4v) is 5.14. The molecular weight excluding hydrogens is 374 g/mol. The van der Waals surface area contributed by atoms with Crippen LogP contribution in [0.25, 0.3) is 0 Å². The molecule has 0 saturated carbocycles. The van der Waals surface area contributed by atoms with E-state index < -0.39 is 5.41 Å². The maximum atomic E-state index is 13.4. The number of nitrogens with zero attached hydrogens (tertiary/aromatic N) is 2. The Morgan fingerprint density at radius 1 is 0.964 bits per heavy atom. The van der Waals surface area contributed by atoms with E-state index in [1.54, 1.807) is 0 Å². The van der Waals surface area contributed by atoms with Crippen molar-refractivity contribution >= 4 is 24.2 Å². The molecule has 1 unspecified atom stereocenters. The van der Waals surface area contributed by atoms with Crippen LogP contribution in [-0.2, 0) is 4.79 Å². The highest BCUT2D eigenvalue weighted by Crippen LogP contribution is 2.39. The second-order valence-electron chi connectivity index (χ2n) is 8.98. The van der Waals surface area contributed by atoms with E-state index in [-0.39, 0.29) is 24.2 Å². The molecule has 0 bridgehead atoms. The fraction of sp³-hybridized carbons (Fsp3) is 0.636. The number of hydrogen-bond donors (Lipinski definition) is 1. The highest BCUT2D eigenvalue weighted by atomic mass is 35.5. The number of hydrogen-bond acceptors (Lipinski definition) is 3. The van der Waals surface area contributed by atoms with E-state index >= 15 is 0 Å². The smallest absolute Gasteiger partial charge is 0.253 e. The molecule has 1 aromatic rings. The third-order valence-electron chi connectivity index (χ3n) is 6.96. The topological polar surface area (TPSA) is 52.7 Å². The quantitative estimate of drug-likeness (QED) is 0.823. The third kappa shape index (κ3) is 4.06. The summed E-state index contributed by atoms with van der Waals surface area (Å²) < 4.78 is 0. The van der Waals surface area contributed by atoms with Crippen LogP contribution in [-0.4, -0.2) is 60.9 Å². The van der Waals surface area contributed by atoms with Crippen molar-refractivity contribution in [1.82, 2.24) is 15.1 Å². The predicted molar refractivity (Wildman–Crippen MR) is 113 cm³/mol.